The monoisotopic (exact) mass is 401 g/mol. The lowest BCUT2D eigenvalue weighted by atomic mass is 10.2. The van der Waals surface area contributed by atoms with E-state index in [1.807, 2.05) is 30.3 Å². The molecule has 0 radical (unpaired) electrons. The molecule has 29 heavy (non-hydrogen) atoms. The van der Waals surface area contributed by atoms with E-state index < -0.39 is 17.5 Å². The molecule has 0 aliphatic rings. The highest BCUT2D eigenvalue weighted by atomic mass is 16.6. The van der Waals surface area contributed by atoms with Crippen LogP contribution in [0.1, 0.15) is 49.3 Å². The zero-order valence-corrected chi connectivity index (χ0v) is 17.5. The van der Waals surface area contributed by atoms with Crippen LogP contribution >= 0.6 is 0 Å². The quantitative estimate of drug-likeness (QED) is 0.621. The van der Waals surface area contributed by atoms with Gasteiger partial charge in [-0.1, -0.05) is 30.3 Å². The van der Waals surface area contributed by atoms with Gasteiger partial charge in [-0.3, -0.25) is 0 Å². The third-order valence-corrected chi connectivity index (χ3v) is 3.54. The molecule has 7 nitrogen and oxygen atoms in total. The van der Waals surface area contributed by atoms with Gasteiger partial charge in [-0.15, -0.1) is 0 Å². The Kier molecular flexibility index (Phi) is 7.59. The van der Waals surface area contributed by atoms with Gasteiger partial charge < -0.3 is 18.9 Å². The summed E-state index contributed by atoms with van der Waals surface area (Å²) < 4.78 is 21.8. The highest BCUT2D eigenvalue weighted by molar-refractivity contribution is 5.93. The fraction of sp³-hybridized carbons (Fsp3) is 0.409. The van der Waals surface area contributed by atoms with Crippen molar-refractivity contribution in [2.45, 2.75) is 46.8 Å². The normalized spacial score (nSPS) is 10.9. The van der Waals surface area contributed by atoms with Crippen LogP contribution < -0.4 is 9.47 Å². The maximum atomic E-state index is 12.4. The van der Waals surface area contributed by atoms with E-state index in [4.69, 9.17) is 18.9 Å². The summed E-state index contributed by atoms with van der Waals surface area (Å²) >= 11 is 0. The smallest absolute Gasteiger partial charge is 0.344 e. The van der Waals surface area contributed by atoms with Gasteiger partial charge in [0.15, 0.2) is 12.4 Å². The average Bonchev–Trinajstić information content (AvgIpc) is 2.64. The molecule has 7 heteroatoms. The largest absolute Gasteiger partial charge is 0.482 e. The van der Waals surface area contributed by atoms with Crippen molar-refractivity contribution in [1.29, 1.82) is 0 Å². The van der Waals surface area contributed by atoms with Gasteiger partial charge in [-0.25, -0.2) is 14.6 Å². The fourth-order valence-electron chi connectivity index (χ4n) is 2.46. The summed E-state index contributed by atoms with van der Waals surface area (Å²) in [6, 6.07) is 11.0. The molecule has 0 saturated carbocycles. The van der Waals surface area contributed by atoms with Crippen molar-refractivity contribution in [2.24, 2.45) is 0 Å². The first-order chi connectivity index (χ1) is 13.7. The second-order valence-corrected chi connectivity index (χ2v) is 7.32. The molecule has 0 atom stereocenters. The molecule has 0 bridgehead atoms. The third kappa shape index (κ3) is 7.10. The molecule has 1 aromatic carbocycles. The molecule has 0 N–H and O–H groups in total. The van der Waals surface area contributed by atoms with Gasteiger partial charge in [-0.05, 0) is 46.2 Å². The maximum absolute atomic E-state index is 12.4. The summed E-state index contributed by atoms with van der Waals surface area (Å²) in [6.07, 6.45) is 0. The molecule has 156 valence electrons. The van der Waals surface area contributed by atoms with Crippen LogP contribution in [0.3, 0.4) is 0 Å². The number of hydrogen-bond acceptors (Lipinski definition) is 7. The Balaban J connectivity index is 2.29. The molecule has 1 heterocycles. The second-order valence-electron chi connectivity index (χ2n) is 7.32. The van der Waals surface area contributed by atoms with Gasteiger partial charge in [-0.2, -0.15) is 0 Å². The zero-order chi connectivity index (χ0) is 21.4. The number of carbonyl (C=O) groups is 2. The minimum atomic E-state index is -0.636. The number of esters is 2. The molecule has 2 aromatic rings. The molecule has 0 amide bonds. The topological polar surface area (TPSA) is 84.0 Å². The van der Waals surface area contributed by atoms with Crippen LogP contribution in [0, 0.1) is 6.92 Å². The number of nitrogens with zero attached hydrogens (tertiary/aromatic N) is 1. The number of hydrogen-bond donors (Lipinski definition) is 0. The van der Waals surface area contributed by atoms with Gasteiger partial charge in [0, 0.05) is 5.69 Å². The van der Waals surface area contributed by atoms with E-state index in [9.17, 15) is 9.59 Å². The molecule has 0 spiro atoms. The molecule has 0 saturated heterocycles. The van der Waals surface area contributed by atoms with Gasteiger partial charge >= 0.3 is 11.9 Å². The van der Waals surface area contributed by atoms with Crippen LogP contribution in [0.2, 0.25) is 0 Å². The number of rotatable bonds is 8. The zero-order valence-electron chi connectivity index (χ0n) is 17.5. The SMILES string of the molecule is CCOC(=O)c1cc(C)nc(OCC(=O)OC(C)(C)C)c1OCc1ccccc1. The second kappa shape index (κ2) is 9.91. The van der Waals surface area contributed by atoms with Crippen molar-refractivity contribution in [2.75, 3.05) is 13.2 Å². The summed E-state index contributed by atoms with van der Waals surface area (Å²) in [5.41, 5.74) is 0.984. The Bertz CT molecular complexity index is 842. The number of carbonyl (C=O) groups excluding carboxylic acids is 2. The minimum Gasteiger partial charge on any atom is -0.482 e. The minimum absolute atomic E-state index is 0.0369. The van der Waals surface area contributed by atoms with E-state index in [-0.39, 0.29) is 37.0 Å². The Morgan fingerprint density at radius 1 is 1.07 bits per heavy atom. The summed E-state index contributed by atoms with van der Waals surface area (Å²) in [6.45, 7) is 8.78. The van der Waals surface area contributed by atoms with Crippen LogP contribution in [0.25, 0.3) is 0 Å². The summed E-state index contributed by atoms with van der Waals surface area (Å²) in [4.78, 5) is 28.7. The number of benzene rings is 1. The maximum Gasteiger partial charge on any atom is 0.344 e. The van der Waals surface area contributed by atoms with Gasteiger partial charge in [0.05, 0.1) is 6.61 Å². The van der Waals surface area contributed by atoms with E-state index in [0.717, 1.165) is 5.56 Å². The summed E-state index contributed by atoms with van der Waals surface area (Å²) in [7, 11) is 0. The predicted molar refractivity (Wildman–Crippen MR) is 107 cm³/mol. The van der Waals surface area contributed by atoms with Gasteiger partial charge in [0.25, 0.3) is 5.88 Å². The molecule has 0 aliphatic heterocycles. The van der Waals surface area contributed by atoms with Crippen LogP contribution in [0.15, 0.2) is 36.4 Å². The predicted octanol–water partition coefficient (Wildman–Crippen LogP) is 3.87. The van der Waals surface area contributed by atoms with E-state index in [1.54, 1.807) is 40.7 Å². The van der Waals surface area contributed by atoms with Crippen molar-refractivity contribution in [3.63, 3.8) is 0 Å². The van der Waals surface area contributed by atoms with Crippen molar-refractivity contribution < 1.29 is 28.5 Å². The molecule has 0 aliphatic carbocycles. The van der Waals surface area contributed by atoms with E-state index in [1.165, 1.54) is 0 Å². The van der Waals surface area contributed by atoms with Gasteiger partial charge in [0.1, 0.15) is 17.8 Å². The molecular formula is C22H27NO6. The highest BCUT2D eigenvalue weighted by Crippen LogP contribution is 2.32. The standard InChI is InChI=1S/C22H27NO6/c1-6-26-21(25)17-12-15(2)23-20(28-14-18(24)29-22(3,4)5)19(17)27-13-16-10-8-7-9-11-16/h7-12H,6,13-14H2,1-5H3. The lowest BCUT2D eigenvalue weighted by Gasteiger charge is -2.20. The molecule has 1 aromatic heterocycles. The summed E-state index contributed by atoms with van der Waals surface area (Å²) in [5.74, 6) is -0.938. The van der Waals surface area contributed by atoms with Gasteiger partial charge in [0.2, 0.25) is 0 Å². The first-order valence-electron chi connectivity index (χ1n) is 9.39. The van der Waals surface area contributed by atoms with Crippen molar-refractivity contribution >= 4 is 11.9 Å². The average molecular weight is 401 g/mol. The first kappa shape index (κ1) is 22.2. The fourth-order valence-corrected chi connectivity index (χ4v) is 2.46. The Labute approximate surface area is 170 Å². The molecular weight excluding hydrogens is 374 g/mol. The van der Waals surface area contributed by atoms with E-state index in [2.05, 4.69) is 4.98 Å². The Morgan fingerprint density at radius 2 is 1.76 bits per heavy atom. The van der Waals surface area contributed by atoms with E-state index >= 15 is 0 Å². The number of ether oxygens (including phenoxy) is 4. The third-order valence-electron chi connectivity index (χ3n) is 3.54. The van der Waals surface area contributed by atoms with E-state index in [0.29, 0.717) is 5.69 Å². The first-order valence-corrected chi connectivity index (χ1v) is 9.39. The summed E-state index contributed by atoms with van der Waals surface area (Å²) in [5, 5.41) is 0. The molecule has 2 rings (SSSR count). The number of aromatic nitrogens is 1. The molecule has 0 unspecified atom stereocenters. The lowest BCUT2D eigenvalue weighted by Crippen LogP contribution is -2.27. The van der Waals surface area contributed by atoms with Crippen LogP contribution in [-0.4, -0.2) is 35.7 Å². The number of aryl methyl sites for hydroxylation is 1. The van der Waals surface area contributed by atoms with Crippen molar-refractivity contribution in [3.05, 3.63) is 53.2 Å². The van der Waals surface area contributed by atoms with Crippen LogP contribution in [0.4, 0.5) is 0 Å². The van der Waals surface area contributed by atoms with Crippen LogP contribution in [0.5, 0.6) is 11.6 Å². The van der Waals surface area contributed by atoms with Crippen LogP contribution in [-0.2, 0) is 20.9 Å². The molecule has 0 fully saturated rings. The van der Waals surface area contributed by atoms with Crippen molar-refractivity contribution in [1.82, 2.24) is 4.98 Å². The highest BCUT2D eigenvalue weighted by Gasteiger charge is 2.23. The lowest BCUT2D eigenvalue weighted by molar-refractivity contribution is -0.157. The van der Waals surface area contributed by atoms with Crippen molar-refractivity contribution in [3.8, 4) is 11.6 Å². The number of pyridine rings is 1. The Hall–Kier alpha value is -3.09. The Morgan fingerprint density at radius 3 is 2.38 bits per heavy atom.